The van der Waals surface area contributed by atoms with E-state index in [1.165, 1.54) is 69.4 Å². The molecular weight excluding hydrogens is 268 g/mol. The minimum absolute atomic E-state index is 0.996. The number of hydrogen-bond donors (Lipinski definition) is 0. The first-order valence-corrected chi connectivity index (χ1v) is 8.93. The molecule has 0 unspecified atom stereocenters. The third kappa shape index (κ3) is 4.87. The summed E-state index contributed by atoms with van der Waals surface area (Å²) in [6.07, 6.45) is 7.85. The lowest BCUT2D eigenvalue weighted by Crippen LogP contribution is -2.30. The van der Waals surface area contributed by atoms with Gasteiger partial charge >= 0.3 is 0 Å². The smallest absolute Gasteiger partial charge is 0.0248 e. The van der Waals surface area contributed by atoms with Crippen molar-refractivity contribution in [3.05, 3.63) is 35.4 Å². The van der Waals surface area contributed by atoms with Crippen LogP contribution in [-0.4, -0.2) is 42.5 Å². The Morgan fingerprint density at radius 2 is 1.59 bits per heavy atom. The minimum atomic E-state index is 0.996. The highest BCUT2D eigenvalue weighted by molar-refractivity contribution is 5.37. The molecule has 2 saturated heterocycles. The van der Waals surface area contributed by atoms with E-state index in [4.69, 9.17) is 0 Å². The zero-order valence-electron chi connectivity index (χ0n) is 13.7. The highest BCUT2D eigenvalue weighted by Gasteiger charge is 2.11. The van der Waals surface area contributed by atoms with Crippen LogP contribution < -0.4 is 0 Å². The van der Waals surface area contributed by atoms with Crippen molar-refractivity contribution in [3.8, 4) is 11.8 Å². The maximum Gasteiger partial charge on any atom is 0.0248 e. The lowest BCUT2D eigenvalue weighted by atomic mass is 10.1. The topological polar surface area (TPSA) is 6.48 Å². The molecule has 2 fully saturated rings. The quantitative estimate of drug-likeness (QED) is 0.785. The van der Waals surface area contributed by atoms with Crippen molar-refractivity contribution in [2.24, 2.45) is 0 Å². The number of benzene rings is 1. The molecule has 2 aliphatic rings. The molecule has 0 spiro atoms. The highest BCUT2D eigenvalue weighted by atomic mass is 15.1. The summed E-state index contributed by atoms with van der Waals surface area (Å²) in [7, 11) is 0. The van der Waals surface area contributed by atoms with E-state index < -0.39 is 0 Å². The van der Waals surface area contributed by atoms with E-state index in [-0.39, 0.29) is 0 Å². The van der Waals surface area contributed by atoms with E-state index in [1.54, 1.807) is 0 Å². The second-order valence-electron chi connectivity index (χ2n) is 6.64. The summed E-state index contributed by atoms with van der Waals surface area (Å²) in [5.41, 5.74) is 2.58. The molecule has 0 saturated carbocycles. The molecule has 2 heterocycles. The maximum absolute atomic E-state index is 3.36. The average molecular weight is 296 g/mol. The van der Waals surface area contributed by atoms with Gasteiger partial charge < -0.3 is 4.90 Å². The average Bonchev–Trinajstić information content (AvgIpc) is 3.06. The van der Waals surface area contributed by atoms with Gasteiger partial charge in [-0.15, -0.1) is 0 Å². The molecule has 0 N–H and O–H groups in total. The molecule has 3 rings (SSSR count). The molecule has 0 radical (unpaired) electrons. The Kier molecular flexibility index (Phi) is 5.93. The molecule has 1 aromatic carbocycles. The molecule has 2 nitrogen and oxygen atoms in total. The number of piperidine rings is 1. The second-order valence-corrected chi connectivity index (χ2v) is 6.64. The Balaban J connectivity index is 1.48. The van der Waals surface area contributed by atoms with Gasteiger partial charge in [0, 0.05) is 25.1 Å². The van der Waals surface area contributed by atoms with Crippen LogP contribution in [0.1, 0.15) is 49.7 Å². The fourth-order valence-electron chi connectivity index (χ4n) is 3.51. The Morgan fingerprint density at radius 1 is 0.864 bits per heavy atom. The molecule has 2 heteroatoms. The van der Waals surface area contributed by atoms with Gasteiger partial charge in [-0.1, -0.05) is 30.4 Å². The summed E-state index contributed by atoms with van der Waals surface area (Å²) < 4.78 is 0. The third-order valence-electron chi connectivity index (χ3n) is 4.77. The number of likely N-dealkylation sites (tertiary alicyclic amines) is 2. The summed E-state index contributed by atoms with van der Waals surface area (Å²) in [6, 6.07) is 8.80. The van der Waals surface area contributed by atoms with E-state index in [0.29, 0.717) is 0 Å². The van der Waals surface area contributed by atoms with Crippen LogP contribution in [0.15, 0.2) is 24.3 Å². The van der Waals surface area contributed by atoms with E-state index in [9.17, 15) is 0 Å². The zero-order chi connectivity index (χ0) is 15.0. The number of hydrogen-bond acceptors (Lipinski definition) is 2. The van der Waals surface area contributed by atoms with Gasteiger partial charge in [0.2, 0.25) is 0 Å². The van der Waals surface area contributed by atoms with Crippen LogP contribution in [0.25, 0.3) is 0 Å². The van der Waals surface area contributed by atoms with Gasteiger partial charge in [-0.25, -0.2) is 0 Å². The molecule has 22 heavy (non-hydrogen) atoms. The molecule has 0 bridgehead atoms. The first-order chi connectivity index (χ1) is 10.9. The SMILES string of the molecule is C(#Cc1cccc(CN2CCCC2)c1)CCN1CCCCC1. The van der Waals surface area contributed by atoms with E-state index >= 15 is 0 Å². The molecule has 0 aromatic heterocycles. The first kappa shape index (κ1) is 15.6. The van der Waals surface area contributed by atoms with Crippen LogP contribution in [0.2, 0.25) is 0 Å². The van der Waals surface area contributed by atoms with Gasteiger partial charge in [0.25, 0.3) is 0 Å². The van der Waals surface area contributed by atoms with Crippen molar-refractivity contribution >= 4 is 0 Å². The van der Waals surface area contributed by atoms with Gasteiger partial charge in [-0.2, -0.15) is 0 Å². The van der Waals surface area contributed by atoms with Crippen LogP contribution in [0.3, 0.4) is 0 Å². The Hall–Kier alpha value is -1.30. The minimum Gasteiger partial charge on any atom is -0.302 e. The van der Waals surface area contributed by atoms with Crippen LogP contribution >= 0.6 is 0 Å². The molecular formula is C20H28N2. The van der Waals surface area contributed by atoms with E-state index in [0.717, 1.165) is 19.5 Å². The summed E-state index contributed by atoms with van der Waals surface area (Å²) in [4.78, 5) is 5.10. The highest BCUT2D eigenvalue weighted by Crippen LogP contribution is 2.13. The third-order valence-corrected chi connectivity index (χ3v) is 4.77. The predicted molar refractivity (Wildman–Crippen MR) is 92.7 cm³/mol. The van der Waals surface area contributed by atoms with Gasteiger partial charge in [0.15, 0.2) is 0 Å². The second kappa shape index (κ2) is 8.36. The molecule has 0 atom stereocenters. The van der Waals surface area contributed by atoms with Crippen LogP contribution in [0.5, 0.6) is 0 Å². The summed E-state index contributed by atoms with van der Waals surface area (Å²) in [5.74, 6) is 6.72. The first-order valence-electron chi connectivity index (χ1n) is 8.93. The fourth-order valence-corrected chi connectivity index (χ4v) is 3.51. The van der Waals surface area contributed by atoms with Crippen molar-refractivity contribution in [2.75, 3.05) is 32.7 Å². The van der Waals surface area contributed by atoms with Gasteiger partial charge in [-0.05, 0) is 69.6 Å². The van der Waals surface area contributed by atoms with Crippen molar-refractivity contribution in [1.29, 1.82) is 0 Å². The van der Waals surface area contributed by atoms with Crippen molar-refractivity contribution < 1.29 is 0 Å². The number of rotatable bonds is 4. The maximum atomic E-state index is 3.36. The normalized spacial score (nSPS) is 19.8. The van der Waals surface area contributed by atoms with Crippen molar-refractivity contribution in [3.63, 3.8) is 0 Å². The number of nitrogens with zero attached hydrogens (tertiary/aromatic N) is 2. The Morgan fingerprint density at radius 3 is 2.41 bits per heavy atom. The van der Waals surface area contributed by atoms with Crippen LogP contribution in [0, 0.1) is 11.8 Å². The summed E-state index contributed by atoms with van der Waals surface area (Å²) in [5, 5.41) is 0. The summed E-state index contributed by atoms with van der Waals surface area (Å²) >= 11 is 0. The molecule has 0 amide bonds. The fraction of sp³-hybridized carbons (Fsp3) is 0.600. The van der Waals surface area contributed by atoms with E-state index in [2.05, 4.69) is 45.9 Å². The Labute approximate surface area is 135 Å². The lowest BCUT2D eigenvalue weighted by molar-refractivity contribution is 0.234. The van der Waals surface area contributed by atoms with Crippen LogP contribution in [-0.2, 0) is 6.54 Å². The predicted octanol–water partition coefficient (Wildman–Crippen LogP) is 3.51. The summed E-state index contributed by atoms with van der Waals surface area (Å²) in [6.45, 7) is 7.28. The van der Waals surface area contributed by atoms with Crippen LogP contribution in [0.4, 0.5) is 0 Å². The molecule has 2 aliphatic heterocycles. The van der Waals surface area contributed by atoms with Crippen molar-refractivity contribution in [2.45, 2.75) is 45.1 Å². The molecule has 0 aliphatic carbocycles. The van der Waals surface area contributed by atoms with E-state index in [1.807, 2.05) is 0 Å². The lowest BCUT2D eigenvalue weighted by Gasteiger charge is -2.25. The largest absolute Gasteiger partial charge is 0.302 e. The van der Waals surface area contributed by atoms with Crippen molar-refractivity contribution in [1.82, 2.24) is 9.80 Å². The monoisotopic (exact) mass is 296 g/mol. The van der Waals surface area contributed by atoms with Gasteiger partial charge in [0.1, 0.15) is 0 Å². The van der Waals surface area contributed by atoms with Gasteiger partial charge in [-0.3, -0.25) is 4.90 Å². The standard InChI is InChI=1S/C20H28N2/c1-3-12-21(13-4-1)14-5-2-9-19-10-8-11-20(17-19)18-22-15-6-7-16-22/h8,10-11,17H,1,3-7,12-16,18H2. The molecule has 1 aromatic rings. The molecule has 118 valence electrons. The zero-order valence-corrected chi connectivity index (χ0v) is 13.7. The van der Waals surface area contributed by atoms with Gasteiger partial charge in [0.05, 0.1) is 0 Å². The Bertz CT molecular complexity index is 514.